The number of likely N-dealkylation sites (tertiary alicyclic amines) is 1. The molecule has 0 saturated carbocycles. The molecule has 2 rings (SSSR count). The highest BCUT2D eigenvalue weighted by Crippen LogP contribution is 2.22. The minimum atomic E-state index is -0.463. The van der Waals surface area contributed by atoms with Crippen LogP contribution in [0.2, 0.25) is 0 Å². The zero-order chi connectivity index (χ0) is 23.9. The molecule has 33 heavy (non-hydrogen) atoms. The number of aryl methyl sites for hydroxylation is 1. The lowest BCUT2D eigenvalue weighted by Gasteiger charge is -2.23. The summed E-state index contributed by atoms with van der Waals surface area (Å²) in [6.07, 6.45) is 14.7. The summed E-state index contributed by atoms with van der Waals surface area (Å²) in [5.74, 6) is 0.272. The molecule has 1 heterocycles. The maximum absolute atomic E-state index is 12.3. The van der Waals surface area contributed by atoms with E-state index in [0.29, 0.717) is 12.8 Å². The average molecular weight is 458 g/mol. The molecule has 0 unspecified atom stereocenters. The highest BCUT2D eigenvalue weighted by atomic mass is 16.5. The molecule has 1 aromatic carbocycles. The van der Waals surface area contributed by atoms with E-state index in [1.165, 1.54) is 25.5 Å². The smallest absolute Gasteiger partial charge is 0.305 e. The number of unbranched alkanes of at least 4 members (excludes halogenated alkanes) is 5. The van der Waals surface area contributed by atoms with Crippen LogP contribution >= 0.6 is 0 Å². The van der Waals surface area contributed by atoms with Gasteiger partial charge in [-0.15, -0.1) is 0 Å². The van der Waals surface area contributed by atoms with Crippen LogP contribution in [0.1, 0.15) is 83.1 Å². The molecule has 0 aromatic heterocycles. The van der Waals surface area contributed by atoms with Crippen molar-refractivity contribution in [3.05, 3.63) is 48.0 Å². The molecule has 3 atom stereocenters. The van der Waals surface area contributed by atoms with Gasteiger partial charge in [0.2, 0.25) is 5.91 Å². The van der Waals surface area contributed by atoms with E-state index < -0.39 is 6.10 Å². The second kappa shape index (κ2) is 15.7. The number of aliphatic hydroxyl groups excluding tert-OH is 1. The first-order valence-corrected chi connectivity index (χ1v) is 12.8. The lowest BCUT2D eigenvalue weighted by Crippen LogP contribution is -2.33. The van der Waals surface area contributed by atoms with Crippen molar-refractivity contribution in [1.29, 1.82) is 0 Å². The van der Waals surface area contributed by atoms with Crippen molar-refractivity contribution in [2.45, 2.75) is 96.1 Å². The van der Waals surface area contributed by atoms with Gasteiger partial charge >= 0.3 is 5.97 Å². The second-order valence-corrected chi connectivity index (χ2v) is 9.37. The van der Waals surface area contributed by atoms with Crippen LogP contribution in [-0.4, -0.2) is 47.7 Å². The van der Waals surface area contributed by atoms with Crippen LogP contribution in [0.25, 0.3) is 0 Å². The van der Waals surface area contributed by atoms with E-state index >= 15 is 0 Å². The van der Waals surface area contributed by atoms with Gasteiger partial charge in [-0.05, 0) is 50.0 Å². The number of nitrogens with zero attached hydrogens (tertiary/aromatic N) is 1. The fraction of sp³-hybridized carbons (Fsp3) is 0.643. The molecule has 5 nitrogen and oxygen atoms in total. The number of benzene rings is 1. The molecule has 1 amide bonds. The predicted molar refractivity (Wildman–Crippen MR) is 133 cm³/mol. The van der Waals surface area contributed by atoms with Gasteiger partial charge in [-0.1, -0.05) is 75.1 Å². The van der Waals surface area contributed by atoms with E-state index in [2.05, 4.69) is 42.0 Å². The third kappa shape index (κ3) is 10.6. The van der Waals surface area contributed by atoms with Crippen LogP contribution in [0.3, 0.4) is 0 Å². The molecule has 1 aliphatic heterocycles. The largest absolute Gasteiger partial charge is 0.469 e. The Hall–Kier alpha value is -2.14. The summed E-state index contributed by atoms with van der Waals surface area (Å²) in [5, 5.41) is 10.6. The van der Waals surface area contributed by atoms with Gasteiger partial charge in [-0.3, -0.25) is 9.59 Å². The number of carbonyl (C=O) groups excluding carboxylic acids is 2. The molecular weight excluding hydrogens is 414 g/mol. The summed E-state index contributed by atoms with van der Waals surface area (Å²) < 4.78 is 4.66. The molecule has 1 fully saturated rings. The minimum absolute atomic E-state index is 0.0975. The number of methoxy groups -OCH3 is 1. The Morgan fingerprint density at radius 2 is 1.85 bits per heavy atom. The van der Waals surface area contributed by atoms with E-state index in [1.54, 1.807) is 0 Å². The zero-order valence-electron chi connectivity index (χ0n) is 20.6. The van der Waals surface area contributed by atoms with Gasteiger partial charge in [0, 0.05) is 19.4 Å². The number of amides is 1. The van der Waals surface area contributed by atoms with Crippen LogP contribution in [0.15, 0.2) is 42.5 Å². The van der Waals surface area contributed by atoms with Crippen molar-refractivity contribution in [2.75, 3.05) is 13.7 Å². The molecule has 1 aromatic rings. The van der Waals surface area contributed by atoms with Crippen molar-refractivity contribution < 1.29 is 19.4 Å². The molecule has 0 aliphatic carbocycles. The second-order valence-electron chi connectivity index (χ2n) is 9.37. The predicted octanol–water partition coefficient (Wildman–Crippen LogP) is 5.46. The molecule has 1 N–H and O–H groups in total. The first kappa shape index (κ1) is 27.1. The normalized spacial score (nSPS) is 18.1. The zero-order valence-corrected chi connectivity index (χ0v) is 20.6. The Kier molecular flexibility index (Phi) is 12.9. The van der Waals surface area contributed by atoms with Crippen molar-refractivity contribution in [1.82, 2.24) is 4.90 Å². The fourth-order valence-corrected chi connectivity index (χ4v) is 4.47. The van der Waals surface area contributed by atoms with Crippen molar-refractivity contribution in [3.63, 3.8) is 0 Å². The van der Waals surface area contributed by atoms with Gasteiger partial charge in [0.1, 0.15) is 0 Å². The molecule has 0 bridgehead atoms. The van der Waals surface area contributed by atoms with Gasteiger partial charge in [-0.25, -0.2) is 0 Å². The van der Waals surface area contributed by atoms with Gasteiger partial charge in [0.15, 0.2) is 0 Å². The summed E-state index contributed by atoms with van der Waals surface area (Å²) in [6.45, 7) is 2.86. The average Bonchev–Trinajstić information content (AvgIpc) is 3.18. The van der Waals surface area contributed by atoms with E-state index in [9.17, 15) is 14.7 Å². The minimum Gasteiger partial charge on any atom is -0.469 e. The van der Waals surface area contributed by atoms with Crippen LogP contribution in [0, 0.1) is 5.92 Å². The summed E-state index contributed by atoms with van der Waals surface area (Å²) in [6, 6.07) is 10.7. The highest BCUT2D eigenvalue weighted by molar-refractivity contribution is 5.79. The van der Waals surface area contributed by atoms with Crippen LogP contribution < -0.4 is 0 Å². The van der Waals surface area contributed by atoms with Gasteiger partial charge in [0.25, 0.3) is 0 Å². The molecule has 184 valence electrons. The fourth-order valence-electron chi connectivity index (χ4n) is 4.47. The molecule has 0 radical (unpaired) electrons. The summed E-state index contributed by atoms with van der Waals surface area (Å²) in [7, 11) is 1.42. The first-order chi connectivity index (χ1) is 16.0. The SMILES string of the molecule is COC(=O)CCCCCCN1C(=O)CC[C@@H]1/C=C/[C@@H](O)[C@H](C)CCCCCc1ccccc1. The van der Waals surface area contributed by atoms with Gasteiger partial charge in [0.05, 0.1) is 19.3 Å². The number of hydrogen-bond acceptors (Lipinski definition) is 4. The third-order valence-corrected chi connectivity index (χ3v) is 6.71. The van der Waals surface area contributed by atoms with E-state index in [4.69, 9.17) is 0 Å². The summed E-state index contributed by atoms with van der Waals surface area (Å²) in [5.41, 5.74) is 1.39. The lowest BCUT2D eigenvalue weighted by atomic mass is 9.95. The Balaban J connectivity index is 1.62. The van der Waals surface area contributed by atoms with Gasteiger partial charge in [-0.2, -0.15) is 0 Å². The van der Waals surface area contributed by atoms with Crippen LogP contribution in [-0.2, 0) is 20.7 Å². The van der Waals surface area contributed by atoms with Crippen LogP contribution in [0.4, 0.5) is 0 Å². The number of aliphatic hydroxyl groups is 1. The summed E-state index contributed by atoms with van der Waals surface area (Å²) in [4.78, 5) is 25.4. The third-order valence-electron chi connectivity index (χ3n) is 6.71. The number of esters is 1. The van der Waals surface area contributed by atoms with Crippen LogP contribution in [0.5, 0.6) is 0 Å². The number of rotatable bonds is 16. The summed E-state index contributed by atoms with van der Waals surface area (Å²) >= 11 is 0. The Morgan fingerprint density at radius 1 is 1.12 bits per heavy atom. The quantitative estimate of drug-likeness (QED) is 0.203. The number of hydrogen-bond donors (Lipinski definition) is 1. The van der Waals surface area contributed by atoms with Gasteiger partial charge < -0.3 is 14.7 Å². The first-order valence-electron chi connectivity index (χ1n) is 12.8. The standard InChI is InChI=1S/C28H43NO4/c1-23(13-7-5-8-14-24-15-9-6-10-16-24)26(30)20-18-25-19-21-27(31)29(25)22-12-4-3-11-17-28(32)33-2/h6,9-10,15-16,18,20,23,25-26,30H,3-5,7-8,11-14,17,19,21-22H2,1-2H3/b20-18+/t23-,25+,26-/m1/s1. The van der Waals surface area contributed by atoms with E-state index in [0.717, 1.165) is 57.9 Å². The van der Waals surface area contributed by atoms with E-state index in [-0.39, 0.29) is 23.8 Å². The van der Waals surface area contributed by atoms with E-state index in [1.807, 2.05) is 17.1 Å². The molecule has 1 saturated heterocycles. The van der Waals surface area contributed by atoms with Crippen molar-refractivity contribution in [2.24, 2.45) is 5.92 Å². The molecule has 0 spiro atoms. The maximum atomic E-state index is 12.3. The highest BCUT2D eigenvalue weighted by Gasteiger charge is 2.28. The molecule has 1 aliphatic rings. The monoisotopic (exact) mass is 457 g/mol. The Morgan fingerprint density at radius 3 is 2.61 bits per heavy atom. The number of ether oxygens (including phenoxy) is 1. The number of carbonyl (C=O) groups is 2. The Labute approximate surface area is 200 Å². The lowest BCUT2D eigenvalue weighted by molar-refractivity contribution is -0.140. The molecular formula is C28H43NO4. The topological polar surface area (TPSA) is 66.8 Å². The Bertz CT molecular complexity index is 718. The van der Waals surface area contributed by atoms with Crippen molar-refractivity contribution in [3.8, 4) is 0 Å². The molecule has 5 heteroatoms. The maximum Gasteiger partial charge on any atom is 0.305 e. The van der Waals surface area contributed by atoms with Crippen molar-refractivity contribution >= 4 is 11.9 Å².